The molecule has 1 aromatic heterocycles. The van der Waals surface area contributed by atoms with Gasteiger partial charge in [0, 0.05) is 11.1 Å². The highest BCUT2D eigenvalue weighted by Crippen LogP contribution is 2.60. The molecular weight excluding hydrogens is 260 g/mol. The number of rotatable bonds is 1. The van der Waals surface area contributed by atoms with E-state index in [0.29, 0.717) is 5.56 Å². The zero-order valence-corrected chi connectivity index (χ0v) is 11.9. The second-order valence-corrected chi connectivity index (χ2v) is 7.14. The summed E-state index contributed by atoms with van der Waals surface area (Å²) in [5.41, 5.74) is -0.583. The first kappa shape index (κ1) is 13.6. The van der Waals surface area contributed by atoms with Gasteiger partial charge in [0.05, 0.1) is 18.0 Å². The SMILES string of the molecule is CC1(C)C[C@H]2[C@H](O)c3coc(C(=O)O)c3[C@@](C)(O)[C@H]2C1. The zero-order chi connectivity index (χ0) is 14.9. The lowest BCUT2D eigenvalue weighted by Crippen LogP contribution is -2.42. The second kappa shape index (κ2) is 3.86. The van der Waals surface area contributed by atoms with E-state index in [9.17, 15) is 20.1 Å². The lowest BCUT2D eigenvalue weighted by atomic mass is 9.67. The largest absolute Gasteiger partial charge is 0.475 e. The molecule has 5 heteroatoms. The Bertz CT molecular complexity index is 569. The molecule has 0 aromatic carbocycles. The molecule has 20 heavy (non-hydrogen) atoms. The number of carboxylic acids is 1. The Hall–Kier alpha value is -1.33. The van der Waals surface area contributed by atoms with Crippen LogP contribution in [-0.4, -0.2) is 21.3 Å². The summed E-state index contributed by atoms with van der Waals surface area (Å²) >= 11 is 0. The fourth-order valence-electron chi connectivity index (χ4n) is 4.24. The molecule has 3 rings (SSSR count). The maximum atomic E-state index is 11.3. The van der Waals surface area contributed by atoms with E-state index in [4.69, 9.17) is 4.42 Å². The number of carbonyl (C=O) groups is 1. The van der Waals surface area contributed by atoms with Crippen LogP contribution in [0.25, 0.3) is 0 Å². The Morgan fingerprint density at radius 1 is 1.35 bits per heavy atom. The summed E-state index contributed by atoms with van der Waals surface area (Å²) in [5, 5.41) is 30.7. The van der Waals surface area contributed by atoms with Crippen molar-refractivity contribution in [2.75, 3.05) is 0 Å². The molecule has 0 aliphatic heterocycles. The molecule has 4 atom stereocenters. The van der Waals surface area contributed by atoms with Crippen molar-refractivity contribution < 1.29 is 24.5 Å². The Labute approximate surface area is 117 Å². The van der Waals surface area contributed by atoms with Gasteiger partial charge in [-0.05, 0) is 37.0 Å². The van der Waals surface area contributed by atoms with Crippen molar-refractivity contribution in [2.45, 2.75) is 45.3 Å². The van der Waals surface area contributed by atoms with Gasteiger partial charge in [-0.2, -0.15) is 0 Å². The molecule has 1 aromatic rings. The summed E-state index contributed by atoms with van der Waals surface area (Å²) in [6.07, 6.45) is 2.07. The monoisotopic (exact) mass is 280 g/mol. The van der Waals surface area contributed by atoms with Gasteiger partial charge in [-0.1, -0.05) is 13.8 Å². The van der Waals surface area contributed by atoms with Crippen molar-refractivity contribution in [1.82, 2.24) is 0 Å². The van der Waals surface area contributed by atoms with Gasteiger partial charge in [-0.25, -0.2) is 4.79 Å². The van der Waals surface area contributed by atoms with Crippen molar-refractivity contribution in [2.24, 2.45) is 17.3 Å². The summed E-state index contributed by atoms with van der Waals surface area (Å²) in [5.74, 6) is -1.69. The van der Waals surface area contributed by atoms with Crippen LogP contribution in [-0.2, 0) is 5.60 Å². The van der Waals surface area contributed by atoms with Crippen molar-refractivity contribution in [3.05, 3.63) is 23.2 Å². The average Bonchev–Trinajstić information content (AvgIpc) is 2.88. The molecule has 110 valence electrons. The molecular formula is C15H20O5. The highest BCUT2D eigenvalue weighted by molar-refractivity contribution is 5.87. The third-order valence-corrected chi connectivity index (χ3v) is 5.04. The van der Waals surface area contributed by atoms with Crippen molar-refractivity contribution >= 4 is 5.97 Å². The summed E-state index contributed by atoms with van der Waals surface area (Å²) in [7, 11) is 0. The molecule has 1 saturated carbocycles. The molecule has 0 amide bonds. The first-order chi connectivity index (χ1) is 9.15. The fourth-order valence-corrected chi connectivity index (χ4v) is 4.24. The van der Waals surface area contributed by atoms with E-state index in [0.717, 1.165) is 12.8 Å². The predicted octanol–water partition coefficient (Wildman–Crippen LogP) is 2.28. The Balaban J connectivity index is 2.17. The van der Waals surface area contributed by atoms with E-state index in [1.807, 2.05) is 0 Å². The molecule has 2 aliphatic carbocycles. The summed E-state index contributed by atoms with van der Waals surface area (Å²) < 4.78 is 5.08. The maximum Gasteiger partial charge on any atom is 0.372 e. The molecule has 1 heterocycles. The molecule has 3 N–H and O–H groups in total. The summed E-state index contributed by atoms with van der Waals surface area (Å²) in [6, 6.07) is 0. The summed E-state index contributed by atoms with van der Waals surface area (Å²) in [4.78, 5) is 11.3. The number of fused-ring (bicyclic) bond motifs is 2. The van der Waals surface area contributed by atoms with Gasteiger partial charge >= 0.3 is 5.97 Å². The molecule has 2 aliphatic rings. The van der Waals surface area contributed by atoms with E-state index in [-0.39, 0.29) is 28.6 Å². The molecule has 0 saturated heterocycles. The van der Waals surface area contributed by atoms with Gasteiger partial charge in [0.1, 0.15) is 0 Å². The quantitative estimate of drug-likeness (QED) is 0.734. The average molecular weight is 280 g/mol. The molecule has 0 radical (unpaired) electrons. The third kappa shape index (κ3) is 1.66. The normalized spacial score (nSPS) is 38.4. The van der Waals surface area contributed by atoms with Crippen molar-refractivity contribution in [1.29, 1.82) is 0 Å². The minimum Gasteiger partial charge on any atom is -0.475 e. The number of hydrogen-bond acceptors (Lipinski definition) is 4. The molecule has 0 unspecified atom stereocenters. The first-order valence-electron chi connectivity index (χ1n) is 6.91. The lowest BCUT2D eigenvalue weighted by molar-refractivity contribution is -0.0706. The minimum atomic E-state index is -1.28. The van der Waals surface area contributed by atoms with Crippen LogP contribution in [0, 0.1) is 17.3 Å². The van der Waals surface area contributed by atoms with Crippen LogP contribution in [0.1, 0.15) is 61.4 Å². The predicted molar refractivity (Wildman–Crippen MR) is 70.2 cm³/mol. The highest BCUT2D eigenvalue weighted by atomic mass is 16.4. The number of furan rings is 1. The number of aromatic carboxylic acids is 1. The number of hydrogen-bond donors (Lipinski definition) is 3. The Morgan fingerprint density at radius 3 is 2.60 bits per heavy atom. The smallest absolute Gasteiger partial charge is 0.372 e. The van der Waals surface area contributed by atoms with Crippen molar-refractivity contribution in [3.8, 4) is 0 Å². The molecule has 5 nitrogen and oxygen atoms in total. The van der Waals surface area contributed by atoms with Gasteiger partial charge in [-0.15, -0.1) is 0 Å². The molecule has 0 spiro atoms. The van der Waals surface area contributed by atoms with Crippen LogP contribution in [0.2, 0.25) is 0 Å². The fraction of sp³-hybridized carbons (Fsp3) is 0.667. The van der Waals surface area contributed by atoms with Crippen LogP contribution < -0.4 is 0 Å². The van der Waals surface area contributed by atoms with Gasteiger partial charge in [0.25, 0.3) is 0 Å². The Kier molecular flexibility index (Phi) is 2.63. The van der Waals surface area contributed by atoms with E-state index >= 15 is 0 Å². The third-order valence-electron chi connectivity index (χ3n) is 5.04. The zero-order valence-electron chi connectivity index (χ0n) is 11.9. The van der Waals surface area contributed by atoms with Crippen LogP contribution in [0.15, 0.2) is 10.7 Å². The number of aliphatic hydroxyl groups excluding tert-OH is 1. The maximum absolute atomic E-state index is 11.3. The topological polar surface area (TPSA) is 90.9 Å². The Morgan fingerprint density at radius 2 is 2.00 bits per heavy atom. The van der Waals surface area contributed by atoms with Gasteiger partial charge in [-0.3, -0.25) is 0 Å². The van der Waals surface area contributed by atoms with E-state index in [1.54, 1.807) is 6.92 Å². The van der Waals surface area contributed by atoms with E-state index in [2.05, 4.69) is 13.8 Å². The van der Waals surface area contributed by atoms with Gasteiger partial charge in [0.2, 0.25) is 5.76 Å². The number of carboxylic acid groups (broad SMARTS) is 1. The van der Waals surface area contributed by atoms with E-state index in [1.165, 1.54) is 6.26 Å². The minimum absolute atomic E-state index is 0.0320. The van der Waals surface area contributed by atoms with Gasteiger partial charge in [0.15, 0.2) is 0 Å². The van der Waals surface area contributed by atoms with E-state index < -0.39 is 17.7 Å². The highest BCUT2D eigenvalue weighted by Gasteiger charge is 2.57. The second-order valence-electron chi connectivity index (χ2n) is 7.14. The molecule has 1 fully saturated rings. The standard InChI is InChI=1S/C15H20O5/c1-14(2)4-7-9(5-14)15(3,19)10-8(11(7)16)6-20-12(10)13(17)18/h6-7,9,11,16,19H,4-5H2,1-3H3,(H,17,18)/t7-,9+,11+,15+/m1/s1. The first-order valence-corrected chi connectivity index (χ1v) is 6.91. The summed E-state index contributed by atoms with van der Waals surface area (Å²) in [6.45, 7) is 5.86. The van der Waals surface area contributed by atoms with Gasteiger partial charge < -0.3 is 19.7 Å². The lowest BCUT2D eigenvalue weighted by Gasteiger charge is -2.41. The van der Waals surface area contributed by atoms with Crippen LogP contribution >= 0.6 is 0 Å². The van der Waals surface area contributed by atoms with Crippen LogP contribution in [0.4, 0.5) is 0 Å². The number of aliphatic hydroxyl groups is 2. The van der Waals surface area contributed by atoms with Crippen LogP contribution in [0.3, 0.4) is 0 Å². The van der Waals surface area contributed by atoms with Crippen LogP contribution in [0.5, 0.6) is 0 Å². The molecule has 0 bridgehead atoms. The van der Waals surface area contributed by atoms with Crippen molar-refractivity contribution in [3.63, 3.8) is 0 Å².